The van der Waals surface area contributed by atoms with Crippen LogP contribution >= 0.6 is 0 Å². The normalized spacial score (nSPS) is 18.8. The summed E-state index contributed by atoms with van der Waals surface area (Å²) in [5, 5.41) is 0. The van der Waals surface area contributed by atoms with Gasteiger partial charge in [-0.3, -0.25) is 4.98 Å². The molecule has 0 aromatic carbocycles. The highest BCUT2D eigenvalue weighted by atomic mass is 16.7. The third-order valence-corrected chi connectivity index (χ3v) is 3.77. The van der Waals surface area contributed by atoms with Crippen molar-refractivity contribution in [2.75, 3.05) is 20.3 Å². The number of hydrogen-bond acceptors (Lipinski definition) is 6. The molecule has 0 aliphatic carbocycles. The van der Waals surface area contributed by atoms with Crippen molar-refractivity contribution < 1.29 is 23.7 Å². The fourth-order valence-electron chi connectivity index (χ4n) is 2.54. The number of carbonyl (C=O) groups is 1. The van der Waals surface area contributed by atoms with Crippen LogP contribution in [0.5, 0.6) is 11.5 Å². The van der Waals surface area contributed by atoms with Crippen molar-refractivity contribution in [3.63, 3.8) is 0 Å². The monoisotopic (exact) mass is 352 g/mol. The van der Waals surface area contributed by atoms with E-state index in [9.17, 15) is 4.79 Å². The molecule has 1 saturated heterocycles. The molecule has 0 saturated carbocycles. The Kier molecular flexibility index (Phi) is 6.47. The molecule has 0 bridgehead atoms. The van der Waals surface area contributed by atoms with Gasteiger partial charge in [0.15, 0.2) is 6.29 Å². The summed E-state index contributed by atoms with van der Waals surface area (Å²) in [6, 6.07) is 1.76. The van der Waals surface area contributed by atoms with Gasteiger partial charge >= 0.3 is 6.09 Å². The molecule has 1 aliphatic heterocycles. The lowest BCUT2D eigenvalue weighted by Crippen LogP contribution is -2.42. The molecule has 1 amide bonds. The van der Waals surface area contributed by atoms with Crippen molar-refractivity contribution >= 4 is 6.09 Å². The average molecular weight is 352 g/mol. The maximum Gasteiger partial charge on any atom is 0.410 e. The second-order valence-electron chi connectivity index (χ2n) is 7.06. The zero-order valence-electron chi connectivity index (χ0n) is 15.7. The number of likely N-dealkylation sites (tertiary alicyclic amines) is 1. The highest BCUT2D eigenvalue weighted by molar-refractivity contribution is 5.69. The van der Waals surface area contributed by atoms with E-state index in [1.165, 1.54) is 0 Å². The SMILES string of the molecule is COC(C)Oc1cncc(OC[C@@H]2CCCN2C(=O)OC(C)(C)C)c1. The van der Waals surface area contributed by atoms with Gasteiger partial charge in [0.05, 0.1) is 18.4 Å². The number of ether oxygens (including phenoxy) is 4. The summed E-state index contributed by atoms with van der Waals surface area (Å²) in [6.45, 7) is 8.48. The third kappa shape index (κ3) is 6.08. The maximum atomic E-state index is 12.3. The van der Waals surface area contributed by atoms with E-state index in [0.717, 1.165) is 12.8 Å². The molecule has 140 valence electrons. The smallest absolute Gasteiger partial charge is 0.410 e. The zero-order valence-corrected chi connectivity index (χ0v) is 15.7. The topological polar surface area (TPSA) is 70.1 Å². The van der Waals surface area contributed by atoms with E-state index in [1.54, 1.807) is 37.4 Å². The summed E-state index contributed by atoms with van der Waals surface area (Å²) in [5.74, 6) is 1.17. The number of amides is 1. The molecule has 1 aromatic rings. The fourth-order valence-corrected chi connectivity index (χ4v) is 2.54. The van der Waals surface area contributed by atoms with Gasteiger partial charge in [0.25, 0.3) is 0 Å². The van der Waals surface area contributed by atoms with Crippen LogP contribution in [0, 0.1) is 0 Å². The van der Waals surface area contributed by atoms with Crippen LogP contribution in [0.25, 0.3) is 0 Å². The first-order valence-electron chi connectivity index (χ1n) is 8.55. The Hall–Kier alpha value is -2.02. The average Bonchev–Trinajstić information content (AvgIpc) is 3.00. The Labute approximate surface area is 149 Å². The van der Waals surface area contributed by atoms with Crippen LogP contribution in [0.4, 0.5) is 4.79 Å². The van der Waals surface area contributed by atoms with Crippen LogP contribution < -0.4 is 9.47 Å². The number of nitrogens with zero attached hydrogens (tertiary/aromatic N) is 2. The molecule has 7 heteroatoms. The van der Waals surface area contributed by atoms with E-state index in [-0.39, 0.29) is 18.4 Å². The predicted molar refractivity (Wildman–Crippen MR) is 92.8 cm³/mol. The van der Waals surface area contributed by atoms with Gasteiger partial charge in [-0.25, -0.2) is 4.79 Å². The molecule has 1 fully saturated rings. The second kappa shape index (κ2) is 8.38. The molecular weight excluding hydrogens is 324 g/mol. The van der Waals surface area contributed by atoms with E-state index >= 15 is 0 Å². The standard InChI is InChI=1S/C18H28N2O5/c1-13(22-5)24-16-9-15(10-19-11-16)23-12-14-7-6-8-20(14)17(21)25-18(2,3)4/h9-11,13-14H,6-8,12H2,1-5H3/t13?,14-/m0/s1. The molecule has 2 atom stereocenters. The maximum absolute atomic E-state index is 12.3. The first-order chi connectivity index (χ1) is 11.8. The minimum Gasteiger partial charge on any atom is -0.490 e. The van der Waals surface area contributed by atoms with Crippen LogP contribution in [-0.4, -0.2) is 54.2 Å². The Morgan fingerprint density at radius 2 is 2.08 bits per heavy atom. The minimum atomic E-state index is -0.501. The summed E-state index contributed by atoms with van der Waals surface area (Å²) < 4.78 is 21.9. The van der Waals surface area contributed by atoms with Crippen molar-refractivity contribution in [2.45, 2.75) is 58.5 Å². The predicted octanol–water partition coefficient (Wildman–Crippen LogP) is 3.23. The number of rotatable bonds is 6. The summed E-state index contributed by atoms with van der Waals surface area (Å²) >= 11 is 0. The molecule has 2 rings (SSSR count). The Balaban J connectivity index is 1.91. The van der Waals surface area contributed by atoms with Gasteiger partial charge in [-0.15, -0.1) is 0 Å². The molecule has 25 heavy (non-hydrogen) atoms. The Morgan fingerprint density at radius 1 is 1.36 bits per heavy atom. The number of hydrogen-bond donors (Lipinski definition) is 0. The van der Waals surface area contributed by atoms with Gasteiger partial charge in [0, 0.05) is 19.7 Å². The van der Waals surface area contributed by atoms with Gasteiger partial charge in [0.2, 0.25) is 0 Å². The van der Waals surface area contributed by atoms with Crippen LogP contribution in [0.1, 0.15) is 40.5 Å². The highest BCUT2D eigenvalue weighted by Gasteiger charge is 2.32. The number of carbonyl (C=O) groups excluding carboxylic acids is 1. The van der Waals surface area contributed by atoms with Gasteiger partial charge in [-0.2, -0.15) is 0 Å². The van der Waals surface area contributed by atoms with Crippen molar-refractivity contribution in [2.24, 2.45) is 0 Å². The van der Waals surface area contributed by atoms with E-state index in [0.29, 0.717) is 24.7 Å². The van der Waals surface area contributed by atoms with Gasteiger partial charge in [-0.05, 0) is 40.5 Å². The van der Waals surface area contributed by atoms with Crippen molar-refractivity contribution in [1.82, 2.24) is 9.88 Å². The molecular formula is C18H28N2O5. The van der Waals surface area contributed by atoms with E-state index in [2.05, 4.69) is 4.98 Å². The lowest BCUT2D eigenvalue weighted by atomic mass is 10.2. The third-order valence-electron chi connectivity index (χ3n) is 3.77. The van der Waals surface area contributed by atoms with E-state index < -0.39 is 5.60 Å². The molecule has 7 nitrogen and oxygen atoms in total. The fraction of sp³-hybridized carbons (Fsp3) is 0.667. The summed E-state index contributed by atoms with van der Waals surface area (Å²) in [4.78, 5) is 18.1. The number of pyridine rings is 1. The van der Waals surface area contributed by atoms with E-state index in [1.807, 2.05) is 20.8 Å². The van der Waals surface area contributed by atoms with Crippen LogP contribution in [0.2, 0.25) is 0 Å². The van der Waals surface area contributed by atoms with Crippen LogP contribution in [-0.2, 0) is 9.47 Å². The van der Waals surface area contributed by atoms with Crippen molar-refractivity contribution in [1.29, 1.82) is 0 Å². The molecule has 0 radical (unpaired) electrons. The quantitative estimate of drug-likeness (QED) is 0.732. The number of methoxy groups -OCH3 is 1. The Morgan fingerprint density at radius 3 is 2.76 bits per heavy atom. The van der Waals surface area contributed by atoms with Gasteiger partial charge in [-0.1, -0.05) is 0 Å². The van der Waals surface area contributed by atoms with E-state index in [4.69, 9.17) is 18.9 Å². The largest absolute Gasteiger partial charge is 0.490 e. The molecule has 2 heterocycles. The molecule has 0 spiro atoms. The van der Waals surface area contributed by atoms with Gasteiger partial charge in [0.1, 0.15) is 23.7 Å². The molecule has 1 aromatic heterocycles. The summed E-state index contributed by atoms with van der Waals surface area (Å²) in [6.07, 6.45) is 4.41. The summed E-state index contributed by atoms with van der Waals surface area (Å²) in [7, 11) is 1.57. The first kappa shape index (κ1) is 19.3. The molecule has 0 N–H and O–H groups in total. The Bertz CT molecular complexity index is 573. The minimum absolute atomic E-state index is 0.00248. The lowest BCUT2D eigenvalue weighted by Gasteiger charge is -2.28. The molecule has 1 unspecified atom stereocenters. The number of aromatic nitrogens is 1. The summed E-state index contributed by atoms with van der Waals surface area (Å²) in [5.41, 5.74) is -0.501. The van der Waals surface area contributed by atoms with Crippen molar-refractivity contribution in [3.8, 4) is 11.5 Å². The zero-order chi connectivity index (χ0) is 18.4. The first-order valence-corrected chi connectivity index (χ1v) is 8.55. The molecule has 1 aliphatic rings. The van der Waals surface area contributed by atoms with Crippen LogP contribution in [0.15, 0.2) is 18.5 Å². The van der Waals surface area contributed by atoms with Crippen LogP contribution in [0.3, 0.4) is 0 Å². The highest BCUT2D eigenvalue weighted by Crippen LogP contribution is 2.23. The van der Waals surface area contributed by atoms with Crippen molar-refractivity contribution in [3.05, 3.63) is 18.5 Å². The lowest BCUT2D eigenvalue weighted by molar-refractivity contribution is -0.0386. The second-order valence-corrected chi connectivity index (χ2v) is 7.06. The van der Waals surface area contributed by atoms with Gasteiger partial charge < -0.3 is 23.8 Å².